The summed E-state index contributed by atoms with van der Waals surface area (Å²) in [5.41, 5.74) is 1.34. The van der Waals surface area contributed by atoms with E-state index in [0.717, 1.165) is 6.42 Å². The largest absolute Gasteiger partial charge is 0.419 e. The summed E-state index contributed by atoms with van der Waals surface area (Å²) >= 11 is 0. The van der Waals surface area contributed by atoms with Crippen LogP contribution < -0.4 is 9.62 Å². The van der Waals surface area contributed by atoms with E-state index in [4.69, 9.17) is 4.42 Å². The van der Waals surface area contributed by atoms with E-state index in [9.17, 15) is 13.2 Å². The molecule has 1 N–H and O–H groups in total. The monoisotopic (exact) mass is 399 g/mol. The fraction of sp³-hybridized carbons (Fsp3) is 0.222. The summed E-state index contributed by atoms with van der Waals surface area (Å²) < 4.78 is 32.9. The van der Waals surface area contributed by atoms with Crippen molar-refractivity contribution in [1.29, 1.82) is 0 Å². The van der Waals surface area contributed by atoms with Crippen LogP contribution in [0.4, 0.5) is 5.69 Å². The molecular formula is C18H17N5O4S. The Kier molecular flexibility index (Phi) is 4.88. The molecule has 0 spiro atoms. The summed E-state index contributed by atoms with van der Waals surface area (Å²) in [6, 6.07) is 9.70. The molecule has 1 aliphatic heterocycles. The molecule has 28 heavy (non-hydrogen) atoms. The van der Waals surface area contributed by atoms with E-state index < -0.39 is 10.0 Å². The number of amides is 1. The minimum atomic E-state index is -3.76. The molecule has 1 aliphatic rings. The Morgan fingerprint density at radius 2 is 1.96 bits per heavy atom. The van der Waals surface area contributed by atoms with Gasteiger partial charge in [0.2, 0.25) is 27.7 Å². The number of hydrogen-bond donors (Lipinski definition) is 1. The molecule has 0 radical (unpaired) electrons. The van der Waals surface area contributed by atoms with Crippen molar-refractivity contribution in [3.05, 3.63) is 54.7 Å². The van der Waals surface area contributed by atoms with Crippen molar-refractivity contribution in [3.63, 3.8) is 0 Å². The molecule has 1 aromatic carbocycles. The molecule has 9 nitrogen and oxygen atoms in total. The molecule has 10 heteroatoms. The van der Waals surface area contributed by atoms with Crippen molar-refractivity contribution < 1.29 is 17.6 Å². The Bertz CT molecular complexity index is 1080. The third-order valence-electron chi connectivity index (χ3n) is 4.32. The number of sulfonamides is 1. The molecule has 2 aromatic heterocycles. The second kappa shape index (κ2) is 7.49. The Morgan fingerprint density at radius 3 is 2.64 bits per heavy atom. The Morgan fingerprint density at radius 1 is 1.14 bits per heavy atom. The molecule has 1 amide bonds. The number of anilines is 1. The van der Waals surface area contributed by atoms with Crippen LogP contribution in [0.5, 0.6) is 0 Å². The number of nitrogens with zero attached hydrogens (tertiary/aromatic N) is 4. The lowest BCUT2D eigenvalue weighted by Crippen LogP contribution is -2.25. The van der Waals surface area contributed by atoms with Gasteiger partial charge < -0.3 is 9.32 Å². The predicted octanol–water partition coefficient (Wildman–Crippen LogP) is 1.74. The second-order valence-corrected chi connectivity index (χ2v) is 7.98. The first-order valence-corrected chi connectivity index (χ1v) is 10.1. The summed E-state index contributed by atoms with van der Waals surface area (Å²) in [5.74, 6) is 0.457. The van der Waals surface area contributed by atoms with Gasteiger partial charge in [0.15, 0.2) is 0 Å². The molecule has 3 aromatic rings. The van der Waals surface area contributed by atoms with Crippen LogP contribution in [0.25, 0.3) is 11.5 Å². The molecule has 0 bridgehead atoms. The predicted molar refractivity (Wildman–Crippen MR) is 99.6 cm³/mol. The molecular weight excluding hydrogens is 382 g/mol. The molecule has 4 rings (SSSR count). The van der Waals surface area contributed by atoms with Gasteiger partial charge in [-0.25, -0.2) is 13.1 Å². The van der Waals surface area contributed by atoms with E-state index in [0.29, 0.717) is 24.2 Å². The lowest BCUT2D eigenvalue weighted by atomic mass is 10.3. The molecule has 0 aliphatic carbocycles. The maximum absolute atomic E-state index is 12.5. The van der Waals surface area contributed by atoms with Gasteiger partial charge in [0.05, 0.1) is 17.0 Å². The Labute approximate surface area is 161 Å². The van der Waals surface area contributed by atoms with Crippen molar-refractivity contribution in [3.8, 4) is 11.5 Å². The van der Waals surface area contributed by atoms with Gasteiger partial charge in [0.25, 0.3) is 0 Å². The van der Waals surface area contributed by atoms with Crippen LogP contribution in [0.3, 0.4) is 0 Å². The van der Waals surface area contributed by atoms with Gasteiger partial charge in [-0.3, -0.25) is 9.78 Å². The van der Waals surface area contributed by atoms with Crippen LogP contribution in [-0.4, -0.2) is 36.1 Å². The zero-order chi connectivity index (χ0) is 19.6. The van der Waals surface area contributed by atoms with Gasteiger partial charge in [0.1, 0.15) is 0 Å². The topological polar surface area (TPSA) is 118 Å². The number of pyridine rings is 1. The fourth-order valence-corrected chi connectivity index (χ4v) is 3.87. The van der Waals surface area contributed by atoms with Crippen molar-refractivity contribution in [2.24, 2.45) is 0 Å². The second-order valence-electron chi connectivity index (χ2n) is 6.21. The average Bonchev–Trinajstić information content (AvgIpc) is 3.36. The van der Waals surface area contributed by atoms with E-state index >= 15 is 0 Å². The molecule has 1 fully saturated rings. The summed E-state index contributed by atoms with van der Waals surface area (Å²) in [6.07, 6.45) is 4.53. The maximum Gasteiger partial charge on any atom is 0.249 e. The minimum absolute atomic E-state index is 0.0505. The van der Waals surface area contributed by atoms with Gasteiger partial charge in [0, 0.05) is 31.0 Å². The van der Waals surface area contributed by atoms with Crippen LogP contribution in [0, 0.1) is 0 Å². The van der Waals surface area contributed by atoms with Crippen LogP contribution in [-0.2, 0) is 21.4 Å². The first-order chi connectivity index (χ1) is 13.5. The highest BCUT2D eigenvalue weighted by atomic mass is 32.2. The van der Waals surface area contributed by atoms with Crippen LogP contribution >= 0.6 is 0 Å². The summed E-state index contributed by atoms with van der Waals surface area (Å²) in [4.78, 5) is 17.5. The van der Waals surface area contributed by atoms with Gasteiger partial charge in [-0.05, 0) is 42.8 Å². The standard InChI is InChI=1S/C18H17N5O4S/c24-17-4-2-10-23(17)14-5-7-15(8-6-14)28(25,26)20-12-16-21-22-18(27-16)13-3-1-9-19-11-13/h1,3,5-9,11,20H,2,4,10,12H2. The lowest BCUT2D eigenvalue weighted by Gasteiger charge is -2.16. The summed E-state index contributed by atoms with van der Waals surface area (Å²) in [6.45, 7) is 0.515. The van der Waals surface area contributed by atoms with E-state index in [1.807, 2.05) is 0 Å². The third-order valence-corrected chi connectivity index (χ3v) is 5.74. The Balaban J connectivity index is 1.43. The number of hydrogen-bond acceptors (Lipinski definition) is 7. The number of rotatable bonds is 6. The van der Waals surface area contributed by atoms with Gasteiger partial charge >= 0.3 is 0 Å². The molecule has 0 atom stereocenters. The highest BCUT2D eigenvalue weighted by Crippen LogP contribution is 2.23. The van der Waals surface area contributed by atoms with Gasteiger partial charge in [-0.15, -0.1) is 10.2 Å². The smallest absolute Gasteiger partial charge is 0.249 e. The van der Waals surface area contributed by atoms with E-state index in [-0.39, 0.29) is 29.1 Å². The number of carbonyl (C=O) groups is 1. The summed E-state index contributed by atoms with van der Waals surface area (Å²) in [7, 11) is -3.76. The van der Waals surface area contributed by atoms with E-state index in [1.165, 1.54) is 12.1 Å². The van der Waals surface area contributed by atoms with Crippen LogP contribution in [0.1, 0.15) is 18.7 Å². The molecule has 144 valence electrons. The first kappa shape index (κ1) is 18.3. The van der Waals surface area contributed by atoms with Crippen LogP contribution in [0.15, 0.2) is 58.1 Å². The third kappa shape index (κ3) is 3.78. The maximum atomic E-state index is 12.5. The van der Waals surface area contributed by atoms with E-state index in [1.54, 1.807) is 41.6 Å². The van der Waals surface area contributed by atoms with Crippen molar-refractivity contribution >= 4 is 21.6 Å². The highest BCUT2D eigenvalue weighted by molar-refractivity contribution is 7.89. The molecule has 1 saturated heterocycles. The fourth-order valence-electron chi connectivity index (χ4n) is 2.90. The number of nitrogens with one attached hydrogen (secondary N) is 1. The van der Waals surface area contributed by atoms with Gasteiger partial charge in [-0.2, -0.15) is 0 Å². The van der Waals surface area contributed by atoms with Gasteiger partial charge in [-0.1, -0.05) is 0 Å². The van der Waals surface area contributed by atoms with Crippen molar-refractivity contribution in [2.75, 3.05) is 11.4 Å². The molecule has 0 unspecified atom stereocenters. The van der Waals surface area contributed by atoms with E-state index in [2.05, 4.69) is 19.9 Å². The lowest BCUT2D eigenvalue weighted by molar-refractivity contribution is -0.117. The quantitative estimate of drug-likeness (QED) is 0.670. The summed E-state index contributed by atoms with van der Waals surface area (Å²) in [5, 5.41) is 7.74. The molecule has 0 saturated carbocycles. The average molecular weight is 399 g/mol. The van der Waals surface area contributed by atoms with Crippen LogP contribution in [0.2, 0.25) is 0 Å². The number of benzene rings is 1. The minimum Gasteiger partial charge on any atom is -0.419 e. The molecule has 3 heterocycles. The van der Waals surface area contributed by atoms with Crippen molar-refractivity contribution in [2.45, 2.75) is 24.3 Å². The zero-order valence-corrected chi connectivity index (χ0v) is 15.6. The normalized spacial score (nSPS) is 14.6. The SMILES string of the molecule is O=C1CCCN1c1ccc(S(=O)(=O)NCc2nnc(-c3cccnc3)o2)cc1. The zero-order valence-electron chi connectivity index (χ0n) is 14.8. The number of carbonyl (C=O) groups excluding carboxylic acids is 1. The number of aromatic nitrogens is 3. The van der Waals surface area contributed by atoms with Crippen molar-refractivity contribution in [1.82, 2.24) is 19.9 Å². The Hall–Kier alpha value is -3.11. The first-order valence-electron chi connectivity index (χ1n) is 8.66. The highest BCUT2D eigenvalue weighted by Gasteiger charge is 2.22.